The van der Waals surface area contributed by atoms with E-state index in [0.717, 1.165) is 0 Å². The van der Waals surface area contributed by atoms with Crippen molar-refractivity contribution in [2.75, 3.05) is 26.2 Å². The fourth-order valence-electron chi connectivity index (χ4n) is 2.36. The molecule has 0 unspecified atom stereocenters. The van der Waals surface area contributed by atoms with Gasteiger partial charge in [0.15, 0.2) is 0 Å². The van der Waals surface area contributed by atoms with Gasteiger partial charge in [0.2, 0.25) is 0 Å². The molecule has 0 amide bonds. The van der Waals surface area contributed by atoms with Crippen LogP contribution in [0.4, 0.5) is 0 Å². The number of quaternary nitrogens is 1. The van der Waals surface area contributed by atoms with E-state index >= 15 is 0 Å². The van der Waals surface area contributed by atoms with E-state index in [1.165, 1.54) is 69.2 Å². The molecule has 100 valence electrons. The zero-order valence-electron chi connectivity index (χ0n) is 11.9. The van der Waals surface area contributed by atoms with Crippen LogP contribution in [0.3, 0.4) is 0 Å². The highest BCUT2D eigenvalue weighted by molar-refractivity contribution is 4.45. The highest BCUT2D eigenvalue weighted by Crippen LogP contribution is 2.12. The molecule has 0 saturated carbocycles. The van der Waals surface area contributed by atoms with Crippen LogP contribution in [-0.2, 0) is 0 Å². The first-order valence-electron chi connectivity index (χ1n) is 7.09. The van der Waals surface area contributed by atoms with Gasteiger partial charge < -0.3 is 28.5 Å². The second-order valence-electron chi connectivity index (χ2n) is 4.84. The first kappa shape index (κ1) is 19.0. The van der Waals surface area contributed by atoms with Gasteiger partial charge in [-0.25, -0.2) is 0 Å². The Labute approximate surface area is 121 Å². The minimum absolute atomic E-state index is 0. The summed E-state index contributed by atoms with van der Waals surface area (Å²) in [6.45, 7) is 14.8. The van der Waals surface area contributed by atoms with Crippen molar-refractivity contribution in [3.05, 3.63) is 0 Å². The summed E-state index contributed by atoms with van der Waals surface area (Å²) in [6, 6.07) is 0. The van der Waals surface area contributed by atoms with Crippen molar-refractivity contribution < 1.29 is 28.5 Å². The van der Waals surface area contributed by atoms with Gasteiger partial charge in [0, 0.05) is 0 Å². The Kier molecular flexibility index (Phi) is 14.5. The predicted octanol–water partition coefficient (Wildman–Crippen LogP) is 1.23. The molecule has 2 heteroatoms. The fraction of sp³-hybridized carbons (Fsp3) is 1.00. The fourth-order valence-corrected chi connectivity index (χ4v) is 2.36. The first-order chi connectivity index (χ1) is 7.24. The molecule has 0 heterocycles. The van der Waals surface area contributed by atoms with Crippen LogP contribution in [0.5, 0.6) is 0 Å². The summed E-state index contributed by atoms with van der Waals surface area (Å²) >= 11 is 0. The van der Waals surface area contributed by atoms with Crippen molar-refractivity contribution in [1.29, 1.82) is 0 Å². The normalized spacial score (nSPS) is 11.2. The molecule has 0 spiro atoms. The van der Waals surface area contributed by atoms with Crippen LogP contribution in [0.2, 0.25) is 0 Å². The van der Waals surface area contributed by atoms with E-state index in [1.807, 2.05) is 0 Å². The van der Waals surface area contributed by atoms with Crippen LogP contribution in [0.25, 0.3) is 0 Å². The van der Waals surface area contributed by atoms with E-state index < -0.39 is 0 Å². The van der Waals surface area contributed by atoms with Crippen LogP contribution in [-0.4, -0.2) is 30.7 Å². The topological polar surface area (TPSA) is 0 Å². The second-order valence-corrected chi connectivity index (χ2v) is 4.84. The predicted molar refractivity (Wildman–Crippen MR) is 70.1 cm³/mol. The maximum absolute atomic E-state index is 2.36. The lowest BCUT2D eigenvalue weighted by Crippen LogP contribution is -3.00. The van der Waals surface area contributed by atoms with Crippen molar-refractivity contribution in [2.45, 2.75) is 66.2 Å². The lowest BCUT2D eigenvalue weighted by molar-refractivity contribution is -0.925. The Morgan fingerprint density at radius 2 is 1.00 bits per heavy atom. The van der Waals surface area contributed by atoms with E-state index in [-0.39, 0.29) is 24.0 Å². The first-order valence-corrected chi connectivity index (χ1v) is 7.09. The SMILES string of the molecule is CCCCC[N+](CC)(CC)CCCCC.[I-]. The Morgan fingerprint density at radius 1 is 0.625 bits per heavy atom. The molecule has 16 heavy (non-hydrogen) atoms. The molecule has 0 aromatic rings. The highest BCUT2D eigenvalue weighted by atomic mass is 127. The molecule has 0 saturated heterocycles. The smallest absolute Gasteiger partial charge is 0.0786 e. The average Bonchev–Trinajstić information content (AvgIpc) is 2.28. The van der Waals surface area contributed by atoms with Gasteiger partial charge in [-0.15, -0.1) is 0 Å². The van der Waals surface area contributed by atoms with Crippen molar-refractivity contribution >= 4 is 0 Å². The molecule has 0 radical (unpaired) electrons. The van der Waals surface area contributed by atoms with Crippen molar-refractivity contribution in [1.82, 2.24) is 0 Å². The largest absolute Gasteiger partial charge is 1.00 e. The van der Waals surface area contributed by atoms with E-state index in [4.69, 9.17) is 0 Å². The third kappa shape index (κ3) is 7.88. The summed E-state index contributed by atoms with van der Waals surface area (Å²) in [4.78, 5) is 0. The zero-order chi connectivity index (χ0) is 11.6. The summed E-state index contributed by atoms with van der Waals surface area (Å²) in [7, 11) is 0. The van der Waals surface area contributed by atoms with Crippen molar-refractivity contribution in [3.63, 3.8) is 0 Å². The molecular formula is C14H32IN. The number of rotatable bonds is 10. The van der Waals surface area contributed by atoms with E-state index in [9.17, 15) is 0 Å². The maximum atomic E-state index is 2.36. The van der Waals surface area contributed by atoms with Gasteiger partial charge in [-0.1, -0.05) is 26.7 Å². The molecular weight excluding hydrogens is 309 g/mol. The number of nitrogens with zero attached hydrogens (tertiary/aromatic N) is 1. The number of unbranched alkanes of at least 4 members (excludes halogenated alkanes) is 4. The Hall–Kier alpha value is 0.690. The molecule has 0 aliphatic heterocycles. The quantitative estimate of drug-likeness (QED) is 0.319. The molecule has 0 N–H and O–H groups in total. The van der Waals surface area contributed by atoms with Crippen molar-refractivity contribution in [2.24, 2.45) is 0 Å². The lowest BCUT2D eigenvalue weighted by Gasteiger charge is -2.37. The third-order valence-corrected chi connectivity index (χ3v) is 3.81. The second kappa shape index (κ2) is 12.2. The molecule has 1 nitrogen and oxygen atoms in total. The minimum Gasteiger partial charge on any atom is -1.00 e. The van der Waals surface area contributed by atoms with Gasteiger partial charge in [0.1, 0.15) is 0 Å². The summed E-state index contributed by atoms with van der Waals surface area (Å²) in [5.41, 5.74) is 0. The summed E-state index contributed by atoms with van der Waals surface area (Å²) in [5.74, 6) is 0. The van der Waals surface area contributed by atoms with E-state index in [2.05, 4.69) is 27.7 Å². The summed E-state index contributed by atoms with van der Waals surface area (Å²) in [6.07, 6.45) is 8.36. The lowest BCUT2D eigenvalue weighted by atomic mass is 10.1. The van der Waals surface area contributed by atoms with Crippen LogP contribution >= 0.6 is 0 Å². The van der Waals surface area contributed by atoms with Gasteiger partial charge >= 0.3 is 0 Å². The maximum Gasteiger partial charge on any atom is 0.0786 e. The van der Waals surface area contributed by atoms with Gasteiger partial charge in [-0.05, 0) is 39.5 Å². The molecule has 0 aromatic heterocycles. The van der Waals surface area contributed by atoms with Gasteiger partial charge in [-0.3, -0.25) is 0 Å². The average molecular weight is 341 g/mol. The van der Waals surface area contributed by atoms with Crippen LogP contribution in [0.1, 0.15) is 66.2 Å². The number of hydrogen-bond acceptors (Lipinski definition) is 0. The standard InChI is InChI=1S/C14H32N.HI/c1-5-9-11-13-15(7-3,8-4)14-12-10-6-2;/h5-14H2,1-4H3;1H/q+1;/p-1. The molecule has 0 atom stereocenters. The van der Waals surface area contributed by atoms with E-state index in [1.54, 1.807) is 0 Å². The van der Waals surface area contributed by atoms with E-state index in [0.29, 0.717) is 0 Å². The summed E-state index contributed by atoms with van der Waals surface area (Å²) < 4.78 is 1.36. The van der Waals surface area contributed by atoms with Crippen molar-refractivity contribution in [3.8, 4) is 0 Å². The molecule has 0 aliphatic carbocycles. The highest BCUT2D eigenvalue weighted by Gasteiger charge is 2.21. The Bertz CT molecular complexity index is 121. The molecule has 0 aliphatic rings. The van der Waals surface area contributed by atoms with Gasteiger partial charge in [0.05, 0.1) is 26.2 Å². The molecule has 0 aromatic carbocycles. The third-order valence-electron chi connectivity index (χ3n) is 3.81. The molecule has 0 bridgehead atoms. The van der Waals surface area contributed by atoms with Gasteiger partial charge in [0.25, 0.3) is 0 Å². The minimum atomic E-state index is 0. The van der Waals surface area contributed by atoms with Crippen LogP contribution < -0.4 is 24.0 Å². The van der Waals surface area contributed by atoms with Gasteiger partial charge in [-0.2, -0.15) is 0 Å². The van der Waals surface area contributed by atoms with Crippen LogP contribution in [0.15, 0.2) is 0 Å². The van der Waals surface area contributed by atoms with Crippen LogP contribution in [0, 0.1) is 0 Å². The number of halogens is 1. The Morgan fingerprint density at radius 3 is 1.25 bits per heavy atom. The monoisotopic (exact) mass is 341 g/mol. The number of hydrogen-bond donors (Lipinski definition) is 0. The Balaban J connectivity index is 0. The molecule has 0 rings (SSSR count). The zero-order valence-corrected chi connectivity index (χ0v) is 14.1. The molecule has 0 fully saturated rings. The summed E-state index contributed by atoms with van der Waals surface area (Å²) in [5, 5.41) is 0.